The van der Waals surface area contributed by atoms with Crippen molar-refractivity contribution in [2.75, 3.05) is 32.0 Å². The van der Waals surface area contributed by atoms with E-state index in [0.717, 1.165) is 5.56 Å². The summed E-state index contributed by atoms with van der Waals surface area (Å²) < 4.78 is 5.23. The van der Waals surface area contributed by atoms with E-state index in [1.165, 1.54) is 0 Å². The maximum absolute atomic E-state index is 12.2. The summed E-state index contributed by atoms with van der Waals surface area (Å²) in [5.41, 5.74) is 8.13. The van der Waals surface area contributed by atoms with Crippen LogP contribution in [0.3, 0.4) is 0 Å². The van der Waals surface area contributed by atoms with Gasteiger partial charge in [0, 0.05) is 24.4 Å². The van der Waals surface area contributed by atoms with Crippen LogP contribution in [0.4, 0.5) is 5.69 Å². The van der Waals surface area contributed by atoms with Gasteiger partial charge in [-0.05, 0) is 24.6 Å². The minimum Gasteiger partial charge on any atom is -0.398 e. The molecule has 4 heteroatoms. The van der Waals surface area contributed by atoms with Gasteiger partial charge < -0.3 is 15.4 Å². The molecule has 1 aromatic carbocycles. The van der Waals surface area contributed by atoms with Gasteiger partial charge in [0.15, 0.2) is 0 Å². The van der Waals surface area contributed by atoms with Crippen molar-refractivity contribution in [2.24, 2.45) is 0 Å². The Labute approximate surface area is 107 Å². The van der Waals surface area contributed by atoms with Crippen molar-refractivity contribution in [2.45, 2.75) is 6.92 Å². The summed E-state index contributed by atoms with van der Waals surface area (Å²) in [6, 6.07) is 7.53. The van der Waals surface area contributed by atoms with Crippen molar-refractivity contribution in [3.05, 3.63) is 35.4 Å². The number of nitrogens with two attached hydrogens (primary N) is 1. The fourth-order valence-corrected chi connectivity index (χ4v) is 1.95. The zero-order chi connectivity index (χ0) is 13.0. The lowest BCUT2D eigenvalue weighted by atomic mass is 10.1. The summed E-state index contributed by atoms with van der Waals surface area (Å²) in [5, 5.41) is 0. The van der Waals surface area contributed by atoms with E-state index in [1.54, 1.807) is 0 Å². The van der Waals surface area contributed by atoms with E-state index in [0.29, 0.717) is 37.6 Å². The van der Waals surface area contributed by atoms with E-state index >= 15 is 0 Å². The van der Waals surface area contributed by atoms with Gasteiger partial charge in [-0.25, -0.2) is 0 Å². The maximum Gasteiger partial charge on any atom is 0.249 e. The number of ether oxygens (including phenoxy) is 1. The predicted octanol–water partition coefficient (Wildman–Crippen LogP) is 1.53. The van der Waals surface area contributed by atoms with Crippen LogP contribution in [0.25, 0.3) is 6.08 Å². The summed E-state index contributed by atoms with van der Waals surface area (Å²) in [7, 11) is 0. The van der Waals surface area contributed by atoms with E-state index in [1.807, 2.05) is 42.2 Å². The molecule has 1 aliphatic heterocycles. The molecule has 4 nitrogen and oxygen atoms in total. The average molecular weight is 246 g/mol. The van der Waals surface area contributed by atoms with Crippen molar-refractivity contribution in [1.29, 1.82) is 0 Å². The van der Waals surface area contributed by atoms with Crippen LogP contribution in [0.1, 0.15) is 12.5 Å². The second-order valence-corrected chi connectivity index (χ2v) is 4.36. The summed E-state index contributed by atoms with van der Waals surface area (Å²) in [6.45, 7) is 4.38. The fourth-order valence-electron chi connectivity index (χ4n) is 1.95. The summed E-state index contributed by atoms with van der Waals surface area (Å²) >= 11 is 0. The van der Waals surface area contributed by atoms with Crippen LogP contribution in [-0.2, 0) is 9.53 Å². The molecule has 0 aromatic heterocycles. The standard InChI is InChI=1S/C14H18N2O2/c1-11(10-12-4-2-3-5-13(12)15)14(17)16-6-8-18-9-7-16/h2-5,10H,6-9,15H2,1H3/b11-10+. The Balaban J connectivity index is 2.12. The van der Waals surface area contributed by atoms with Crippen LogP contribution < -0.4 is 5.73 Å². The van der Waals surface area contributed by atoms with Crippen LogP contribution in [0.5, 0.6) is 0 Å². The summed E-state index contributed by atoms with van der Waals surface area (Å²) in [5.74, 6) is 0.0570. The molecule has 1 fully saturated rings. The van der Waals surface area contributed by atoms with Gasteiger partial charge in [0.25, 0.3) is 0 Å². The normalized spacial score (nSPS) is 16.7. The number of nitrogen functional groups attached to an aromatic ring is 1. The highest BCUT2D eigenvalue weighted by Gasteiger charge is 2.17. The SMILES string of the molecule is C/C(=C\c1ccccc1N)C(=O)N1CCOCC1. The highest BCUT2D eigenvalue weighted by Crippen LogP contribution is 2.16. The lowest BCUT2D eigenvalue weighted by Gasteiger charge is -2.27. The zero-order valence-corrected chi connectivity index (χ0v) is 10.6. The number of para-hydroxylation sites is 1. The highest BCUT2D eigenvalue weighted by molar-refractivity contribution is 5.98. The van der Waals surface area contributed by atoms with Crippen molar-refractivity contribution >= 4 is 17.7 Å². The van der Waals surface area contributed by atoms with Gasteiger partial charge in [-0.15, -0.1) is 0 Å². The van der Waals surface area contributed by atoms with Gasteiger partial charge in [0.05, 0.1) is 13.2 Å². The molecule has 1 amide bonds. The van der Waals surface area contributed by atoms with Gasteiger partial charge in [-0.2, -0.15) is 0 Å². The molecule has 2 rings (SSSR count). The van der Waals surface area contributed by atoms with E-state index in [4.69, 9.17) is 10.5 Å². The highest BCUT2D eigenvalue weighted by atomic mass is 16.5. The molecule has 96 valence electrons. The second-order valence-electron chi connectivity index (χ2n) is 4.36. The number of amides is 1. The Morgan fingerprint density at radius 2 is 2.00 bits per heavy atom. The van der Waals surface area contributed by atoms with E-state index < -0.39 is 0 Å². The molecule has 2 N–H and O–H groups in total. The number of morpholine rings is 1. The van der Waals surface area contributed by atoms with Crippen molar-refractivity contribution in [3.8, 4) is 0 Å². The van der Waals surface area contributed by atoms with Crippen LogP contribution in [-0.4, -0.2) is 37.1 Å². The summed E-state index contributed by atoms with van der Waals surface area (Å²) in [4.78, 5) is 14.0. The minimum absolute atomic E-state index is 0.0570. The lowest BCUT2D eigenvalue weighted by molar-refractivity contribution is -0.130. The Bertz CT molecular complexity index is 463. The molecule has 1 saturated heterocycles. The second kappa shape index (κ2) is 5.69. The van der Waals surface area contributed by atoms with E-state index in [2.05, 4.69) is 0 Å². The number of benzene rings is 1. The van der Waals surface area contributed by atoms with Crippen LogP contribution in [0, 0.1) is 0 Å². The monoisotopic (exact) mass is 246 g/mol. The molecule has 0 unspecified atom stereocenters. The molecule has 1 heterocycles. The molecular formula is C14H18N2O2. The number of hydrogen-bond acceptors (Lipinski definition) is 3. The first-order valence-corrected chi connectivity index (χ1v) is 6.08. The van der Waals surface area contributed by atoms with Gasteiger partial charge in [0.1, 0.15) is 0 Å². The maximum atomic E-state index is 12.2. The zero-order valence-electron chi connectivity index (χ0n) is 10.6. The molecule has 0 atom stereocenters. The lowest BCUT2D eigenvalue weighted by Crippen LogP contribution is -2.41. The Morgan fingerprint density at radius 1 is 1.33 bits per heavy atom. The largest absolute Gasteiger partial charge is 0.398 e. The minimum atomic E-state index is 0.0570. The molecule has 0 radical (unpaired) electrons. The molecule has 1 aliphatic rings. The summed E-state index contributed by atoms with van der Waals surface area (Å²) in [6.07, 6.45) is 1.84. The fraction of sp³-hybridized carbons (Fsp3) is 0.357. The molecule has 0 bridgehead atoms. The third-order valence-corrected chi connectivity index (χ3v) is 3.00. The van der Waals surface area contributed by atoms with E-state index in [-0.39, 0.29) is 5.91 Å². The van der Waals surface area contributed by atoms with Gasteiger partial charge in [-0.3, -0.25) is 4.79 Å². The third kappa shape index (κ3) is 2.90. The number of carbonyl (C=O) groups excluding carboxylic acids is 1. The Hall–Kier alpha value is -1.81. The van der Waals surface area contributed by atoms with Crippen molar-refractivity contribution in [3.63, 3.8) is 0 Å². The number of hydrogen-bond donors (Lipinski definition) is 1. The van der Waals surface area contributed by atoms with Gasteiger partial charge >= 0.3 is 0 Å². The van der Waals surface area contributed by atoms with Crippen LogP contribution >= 0.6 is 0 Å². The molecule has 0 aliphatic carbocycles. The Kier molecular flexibility index (Phi) is 3.99. The molecule has 18 heavy (non-hydrogen) atoms. The number of rotatable bonds is 2. The number of anilines is 1. The Morgan fingerprint density at radius 3 is 2.67 bits per heavy atom. The molecule has 0 spiro atoms. The topological polar surface area (TPSA) is 55.6 Å². The van der Waals surface area contributed by atoms with Gasteiger partial charge in [-0.1, -0.05) is 18.2 Å². The van der Waals surface area contributed by atoms with Crippen LogP contribution in [0.2, 0.25) is 0 Å². The van der Waals surface area contributed by atoms with Gasteiger partial charge in [0.2, 0.25) is 5.91 Å². The average Bonchev–Trinajstić information content (AvgIpc) is 2.41. The first-order chi connectivity index (χ1) is 8.68. The number of carbonyl (C=O) groups is 1. The van der Waals surface area contributed by atoms with E-state index in [9.17, 15) is 4.79 Å². The van der Waals surface area contributed by atoms with Crippen molar-refractivity contribution < 1.29 is 9.53 Å². The smallest absolute Gasteiger partial charge is 0.249 e. The quantitative estimate of drug-likeness (QED) is 0.636. The molecule has 1 aromatic rings. The third-order valence-electron chi connectivity index (χ3n) is 3.00. The predicted molar refractivity (Wildman–Crippen MR) is 71.9 cm³/mol. The molecule has 0 saturated carbocycles. The van der Waals surface area contributed by atoms with Crippen LogP contribution in [0.15, 0.2) is 29.8 Å². The van der Waals surface area contributed by atoms with Crippen molar-refractivity contribution in [1.82, 2.24) is 4.90 Å². The number of nitrogens with zero attached hydrogens (tertiary/aromatic N) is 1. The molecular weight excluding hydrogens is 228 g/mol. The first-order valence-electron chi connectivity index (χ1n) is 6.08. The first kappa shape index (κ1) is 12.6.